The summed E-state index contributed by atoms with van der Waals surface area (Å²) in [6, 6.07) is 13.8. The van der Waals surface area contributed by atoms with Gasteiger partial charge in [0.05, 0.1) is 6.54 Å². The van der Waals surface area contributed by atoms with Gasteiger partial charge in [-0.05, 0) is 54.5 Å². The predicted octanol–water partition coefficient (Wildman–Crippen LogP) is 4.84. The molecule has 3 aromatic rings. The highest BCUT2D eigenvalue weighted by Gasteiger charge is 2.06. The molecule has 0 radical (unpaired) electrons. The summed E-state index contributed by atoms with van der Waals surface area (Å²) < 4.78 is 14.7. The monoisotopic (exact) mass is 374 g/mol. The molecule has 2 N–H and O–H groups in total. The van der Waals surface area contributed by atoms with E-state index < -0.39 is 0 Å². The molecule has 0 saturated carbocycles. The second kappa shape index (κ2) is 7.63. The molecular formula is C18H16ClFN4S. The van der Waals surface area contributed by atoms with Crippen LogP contribution in [0.25, 0.3) is 0 Å². The summed E-state index contributed by atoms with van der Waals surface area (Å²) in [6.45, 7) is 2.47. The number of anilines is 2. The Hall–Kier alpha value is -2.44. The van der Waals surface area contributed by atoms with E-state index in [9.17, 15) is 4.39 Å². The van der Waals surface area contributed by atoms with Gasteiger partial charge in [0, 0.05) is 23.0 Å². The first-order chi connectivity index (χ1) is 12.0. The fraction of sp³-hybridized carbons (Fsp3) is 0.111. The minimum Gasteiger partial charge on any atom is -0.332 e. The third-order valence-corrected chi connectivity index (χ3v) is 4.27. The van der Waals surface area contributed by atoms with Gasteiger partial charge in [0.1, 0.15) is 5.82 Å². The van der Waals surface area contributed by atoms with E-state index in [1.807, 2.05) is 37.4 Å². The number of nitrogens with one attached hydrogen (secondary N) is 2. The Labute approximate surface area is 155 Å². The molecule has 2 aromatic carbocycles. The number of benzene rings is 2. The van der Waals surface area contributed by atoms with Crippen LogP contribution in [0.2, 0.25) is 5.02 Å². The van der Waals surface area contributed by atoms with Crippen LogP contribution in [0.4, 0.5) is 15.9 Å². The van der Waals surface area contributed by atoms with Crippen LogP contribution in [0.5, 0.6) is 0 Å². The van der Waals surface area contributed by atoms with E-state index in [1.54, 1.807) is 16.8 Å². The van der Waals surface area contributed by atoms with Crippen LogP contribution in [0.15, 0.2) is 54.7 Å². The van der Waals surface area contributed by atoms with Crippen molar-refractivity contribution in [3.8, 4) is 0 Å². The predicted molar refractivity (Wildman–Crippen MR) is 104 cm³/mol. The minimum absolute atomic E-state index is 0.251. The molecule has 25 heavy (non-hydrogen) atoms. The Bertz CT molecular complexity index is 892. The van der Waals surface area contributed by atoms with Crippen LogP contribution < -0.4 is 10.6 Å². The molecule has 128 valence electrons. The number of nitrogens with zero attached hydrogens (tertiary/aromatic N) is 2. The van der Waals surface area contributed by atoms with Crippen LogP contribution in [0, 0.1) is 12.7 Å². The van der Waals surface area contributed by atoms with E-state index in [4.69, 9.17) is 23.8 Å². The molecule has 0 unspecified atom stereocenters. The van der Waals surface area contributed by atoms with Crippen LogP contribution in [0.1, 0.15) is 11.1 Å². The molecule has 4 nitrogen and oxygen atoms in total. The average molecular weight is 375 g/mol. The van der Waals surface area contributed by atoms with Gasteiger partial charge in [-0.3, -0.25) is 4.68 Å². The third kappa shape index (κ3) is 4.55. The van der Waals surface area contributed by atoms with Gasteiger partial charge >= 0.3 is 0 Å². The zero-order valence-corrected chi connectivity index (χ0v) is 15.0. The Morgan fingerprint density at radius 3 is 2.68 bits per heavy atom. The molecule has 1 heterocycles. The fourth-order valence-electron chi connectivity index (χ4n) is 2.31. The molecule has 0 saturated heterocycles. The maximum absolute atomic E-state index is 12.9. The molecular weight excluding hydrogens is 359 g/mol. The van der Waals surface area contributed by atoms with Gasteiger partial charge in [0.25, 0.3) is 0 Å². The van der Waals surface area contributed by atoms with Crippen molar-refractivity contribution in [2.75, 3.05) is 10.6 Å². The van der Waals surface area contributed by atoms with Gasteiger partial charge in [-0.15, -0.1) is 0 Å². The lowest BCUT2D eigenvalue weighted by Gasteiger charge is -2.11. The minimum atomic E-state index is -0.251. The van der Waals surface area contributed by atoms with E-state index in [2.05, 4.69) is 15.7 Å². The molecule has 0 spiro atoms. The number of hydrogen-bond donors (Lipinski definition) is 2. The van der Waals surface area contributed by atoms with E-state index in [1.165, 1.54) is 12.1 Å². The summed E-state index contributed by atoms with van der Waals surface area (Å²) in [5.74, 6) is 0.374. The third-order valence-electron chi connectivity index (χ3n) is 3.66. The van der Waals surface area contributed by atoms with Crippen LogP contribution in [-0.2, 0) is 6.54 Å². The maximum Gasteiger partial charge on any atom is 0.176 e. The van der Waals surface area contributed by atoms with E-state index in [0.717, 1.165) is 16.8 Å². The zero-order valence-electron chi connectivity index (χ0n) is 13.5. The highest BCUT2D eigenvalue weighted by molar-refractivity contribution is 7.80. The molecule has 0 aliphatic carbocycles. The van der Waals surface area contributed by atoms with Gasteiger partial charge in [0.15, 0.2) is 10.9 Å². The second-order valence-corrected chi connectivity index (χ2v) is 6.33. The number of halogens is 2. The molecule has 0 aliphatic rings. The van der Waals surface area contributed by atoms with Crippen molar-refractivity contribution < 1.29 is 4.39 Å². The van der Waals surface area contributed by atoms with E-state index in [0.29, 0.717) is 22.5 Å². The molecule has 0 fully saturated rings. The van der Waals surface area contributed by atoms with Gasteiger partial charge in [-0.25, -0.2) is 4.39 Å². The summed E-state index contributed by atoms with van der Waals surface area (Å²) in [7, 11) is 0. The smallest absolute Gasteiger partial charge is 0.176 e. The SMILES string of the molecule is Cc1c(Cl)cccc1NC(=S)Nc1ccn(Cc2ccc(F)cc2)n1. The maximum atomic E-state index is 12.9. The number of rotatable bonds is 4. The summed E-state index contributed by atoms with van der Waals surface area (Å²) in [4.78, 5) is 0. The summed E-state index contributed by atoms with van der Waals surface area (Å²) in [5.41, 5.74) is 2.73. The molecule has 7 heteroatoms. The van der Waals surface area contributed by atoms with E-state index in [-0.39, 0.29) is 5.82 Å². The molecule has 0 bridgehead atoms. The first kappa shape index (κ1) is 17.4. The summed E-state index contributed by atoms with van der Waals surface area (Å²) >= 11 is 11.4. The first-order valence-electron chi connectivity index (χ1n) is 7.62. The lowest BCUT2D eigenvalue weighted by molar-refractivity contribution is 0.624. The van der Waals surface area contributed by atoms with Gasteiger partial charge in [-0.1, -0.05) is 29.8 Å². The molecule has 0 atom stereocenters. The molecule has 1 aromatic heterocycles. The topological polar surface area (TPSA) is 41.9 Å². The lowest BCUT2D eigenvalue weighted by atomic mass is 10.2. The zero-order chi connectivity index (χ0) is 17.8. The first-order valence-corrected chi connectivity index (χ1v) is 8.41. The van der Waals surface area contributed by atoms with Gasteiger partial charge < -0.3 is 10.6 Å². The lowest BCUT2D eigenvalue weighted by Crippen LogP contribution is -2.20. The number of aromatic nitrogens is 2. The highest BCUT2D eigenvalue weighted by Crippen LogP contribution is 2.23. The Balaban J connectivity index is 1.61. The normalized spacial score (nSPS) is 10.5. The van der Waals surface area contributed by atoms with Gasteiger partial charge in [-0.2, -0.15) is 5.10 Å². The highest BCUT2D eigenvalue weighted by atomic mass is 35.5. The Kier molecular flexibility index (Phi) is 5.31. The molecule has 0 aliphatic heterocycles. The quantitative estimate of drug-likeness (QED) is 0.641. The van der Waals surface area contributed by atoms with E-state index >= 15 is 0 Å². The Morgan fingerprint density at radius 1 is 1.16 bits per heavy atom. The standard InChI is InChI=1S/C18H16ClFN4S/c1-12-15(19)3-2-4-16(12)21-18(25)22-17-9-10-24(23-17)11-13-5-7-14(20)8-6-13/h2-10H,11H2,1H3,(H2,21,22,23,25). The summed E-state index contributed by atoms with van der Waals surface area (Å²) in [6.07, 6.45) is 1.83. The fourth-order valence-corrected chi connectivity index (χ4v) is 2.70. The molecule has 3 rings (SSSR count). The average Bonchev–Trinajstić information content (AvgIpc) is 3.01. The van der Waals surface area contributed by atoms with Crippen molar-refractivity contribution in [3.05, 3.63) is 76.7 Å². The summed E-state index contributed by atoms with van der Waals surface area (Å²) in [5, 5.41) is 11.7. The number of hydrogen-bond acceptors (Lipinski definition) is 2. The van der Waals surface area contributed by atoms with Crippen LogP contribution in [0.3, 0.4) is 0 Å². The van der Waals surface area contributed by atoms with Crippen molar-refractivity contribution in [1.82, 2.24) is 9.78 Å². The van der Waals surface area contributed by atoms with Crippen molar-refractivity contribution in [2.45, 2.75) is 13.5 Å². The van der Waals surface area contributed by atoms with Crippen molar-refractivity contribution >= 4 is 40.4 Å². The van der Waals surface area contributed by atoms with Crippen molar-refractivity contribution in [2.24, 2.45) is 0 Å². The van der Waals surface area contributed by atoms with Crippen molar-refractivity contribution in [3.63, 3.8) is 0 Å². The Morgan fingerprint density at radius 2 is 1.92 bits per heavy atom. The number of thiocarbonyl (C=S) groups is 1. The van der Waals surface area contributed by atoms with Crippen molar-refractivity contribution in [1.29, 1.82) is 0 Å². The van der Waals surface area contributed by atoms with Gasteiger partial charge in [0.2, 0.25) is 0 Å². The second-order valence-electron chi connectivity index (χ2n) is 5.52. The molecule has 0 amide bonds. The largest absolute Gasteiger partial charge is 0.332 e. The van der Waals surface area contributed by atoms with Crippen LogP contribution >= 0.6 is 23.8 Å². The van der Waals surface area contributed by atoms with Crippen LogP contribution in [-0.4, -0.2) is 14.9 Å².